The maximum absolute atomic E-state index is 11.3. The van der Waals surface area contributed by atoms with E-state index in [1.807, 2.05) is 0 Å². The highest BCUT2D eigenvalue weighted by molar-refractivity contribution is 7.17. The number of halogens is 1. The smallest absolute Gasteiger partial charge is 0.307 e. The van der Waals surface area contributed by atoms with Gasteiger partial charge < -0.3 is 4.42 Å². The molecule has 0 saturated heterocycles. The van der Waals surface area contributed by atoms with Crippen molar-refractivity contribution in [2.75, 3.05) is 0 Å². The van der Waals surface area contributed by atoms with Crippen LogP contribution in [0.25, 0.3) is 0 Å². The van der Waals surface area contributed by atoms with Crippen LogP contribution in [0.1, 0.15) is 15.4 Å². The van der Waals surface area contributed by atoms with Crippen LogP contribution in [0.5, 0.6) is 0 Å². The molecule has 2 rings (SSSR count). The Morgan fingerprint density at radius 3 is 3.19 bits per heavy atom. The van der Waals surface area contributed by atoms with Gasteiger partial charge in [0.1, 0.15) is 0 Å². The standard InChI is InChI=1S/C9H6ClN3O2S/c10-9-11-4-6(16-9)5-12-13-8(14)7-2-1-3-15-7/h1-5H,(H,13,14)/b12-5-. The Labute approximate surface area is 99.8 Å². The SMILES string of the molecule is O=C(N/N=C\c1cnc(Cl)s1)c1ccco1. The summed E-state index contributed by atoms with van der Waals surface area (Å²) in [5.41, 5.74) is 2.32. The molecule has 0 saturated carbocycles. The molecule has 0 spiro atoms. The Morgan fingerprint density at radius 1 is 1.69 bits per heavy atom. The second-order valence-corrected chi connectivity index (χ2v) is 4.34. The first kappa shape index (κ1) is 10.8. The Kier molecular flexibility index (Phi) is 3.33. The van der Waals surface area contributed by atoms with Gasteiger partial charge in [0.2, 0.25) is 0 Å². The maximum atomic E-state index is 11.3. The molecule has 2 aromatic heterocycles. The second kappa shape index (κ2) is 4.91. The van der Waals surface area contributed by atoms with Crippen LogP contribution in [0.3, 0.4) is 0 Å². The molecule has 0 aliphatic heterocycles. The van der Waals surface area contributed by atoms with E-state index >= 15 is 0 Å². The fraction of sp³-hybridized carbons (Fsp3) is 0. The summed E-state index contributed by atoms with van der Waals surface area (Å²) in [5.74, 6) is -0.198. The zero-order valence-electron chi connectivity index (χ0n) is 7.88. The van der Waals surface area contributed by atoms with Crippen molar-refractivity contribution in [3.63, 3.8) is 0 Å². The Hall–Kier alpha value is -1.66. The first-order valence-electron chi connectivity index (χ1n) is 4.24. The predicted octanol–water partition coefficient (Wildman–Crippen LogP) is 2.15. The first-order chi connectivity index (χ1) is 7.75. The molecule has 0 aliphatic rings. The minimum Gasteiger partial charge on any atom is -0.459 e. The minimum atomic E-state index is -0.406. The van der Waals surface area contributed by atoms with Crippen LogP contribution in [0.15, 0.2) is 34.1 Å². The van der Waals surface area contributed by atoms with Gasteiger partial charge in [0.25, 0.3) is 0 Å². The number of hydrazone groups is 1. The number of furan rings is 1. The molecule has 16 heavy (non-hydrogen) atoms. The maximum Gasteiger partial charge on any atom is 0.307 e. The van der Waals surface area contributed by atoms with Crippen LogP contribution in [-0.4, -0.2) is 17.1 Å². The molecule has 7 heteroatoms. The van der Waals surface area contributed by atoms with Crippen molar-refractivity contribution in [3.05, 3.63) is 39.7 Å². The van der Waals surface area contributed by atoms with Crippen molar-refractivity contribution in [2.45, 2.75) is 0 Å². The van der Waals surface area contributed by atoms with Crippen molar-refractivity contribution in [3.8, 4) is 0 Å². The number of rotatable bonds is 3. The van der Waals surface area contributed by atoms with Crippen molar-refractivity contribution >= 4 is 35.1 Å². The molecular weight excluding hydrogens is 250 g/mol. The zero-order valence-corrected chi connectivity index (χ0v) is 9.46. The van der Waals surface area contributed by atoms with E-state index in [0.29, 0.717) is 4.47 Å². The molecule has 2 heterocycles. The zero-order chi connectivity index (χ0) is 11.4. The molecule has 0 aliphatic carbocycles. The van der Waals surface area contributed by atoms with Gasteiger partial charge in [0.05, 0.1) is 17.4 Å². The van der Waals surface area contributed by atoms with Gasteiger partial charge in [-0.1, -0.05) is 11.6 Å². The Balaban J connectivity index is 1.93. The second-order valence-electron chi connectivity index (χ2n) is 2.69. The molecule has 0 radical (unpaired) electrons. The highest BCUT2D eigenvalue weighted by Gasteiger charge is 2.05. The van der Waals surface area contributed by atoms with Crippen LogP contribution in [-0.2, 0) is 0 Å². The number of carbonyl (C=O) groups excluding carboxylic acids is 1. The number of aromatic nitrogens is 1. The topological polar surface area (TPSA) is 67.5 Å². The molecule has 0 unspecified atom stereocenters. The summed E-state index contributed by atoms with van der Waals surface area (Å²) in [4.78, 5) is 15.9. The van der Waals surface area contributed by atoms with E-state index in [0.717, 1.165) is 4.88 Å². The van der Waals surface area contributed by atoms with Crippen LogP contribution in [0, 0.1) is 0 Å². The molecule has 0 atom stereocenters. The van der Waals surface area contributed by atoms with Gasteiger partial charge in [-0.05, 0) is 12.1 Å². The lowest BCUT2D eigenvalue weighted by atomic mass is 10.4. The fourth-order valence-electron chi connectivity index (χ4n) is 0.941. The van der Waals surface area contributed by atoms with E-state index in [1.165, 1.54) is 23.8 Å². The average Bonchev–Trinajstić information content (AvgIpc) is 2.89. The van der Waals surface area contributed by atoms with Gasteiger partial charge in [-0.25, -0.2) is 10.4 Å². The van der Waals surface area contributed by atoms with E-state index in [-0.39, 0.29) is 5.76 Å². The average molecular weight is 256 g/mol. The van der Waals surface area contributed by atoms with E-state index in [1.54, 1.807) is 18.3 Å². The molecule has 1 amide bonds. The highest BCUT2D eigenvalue weighted by atomic mass is 35.5. The number of nitrogens with one attached hydrogen (secondary N) is 1. The number of hydrogen-bond acceptors (Lipinski definition) is 5. The summed E-state index contributed by atoms with van der Waals surface area (Å²) < 4.78 is 5.31. The summed E-state index contributed by atoms with van der Waals surface area (Å²) in [6.45, 7) is 0. The van der Waals surface area contributed by atoms with Crippen molar-refractivity contribution in [1.82, 2.24) is 10.4 Å². The monoisotopic (exact) mass is 255 g/mol. The van der Waals surface area contributed by atoms with Crippen LogP contribution < -0.4 is 5.43 Å². The van der Waals surface area contributed by atoms with E-state index in [9.17, 15) is 4.79 Å². The van der Waals surface area contributed by atoms with Gasteiger partial charge in [0.15, 0.2) is 10.2 Å². The minimum absolute atomic E-state index is 0.208. The molecule has 5 nitrogen and oxygen atoms in total. The first-order valence-corrected chi connectivity index (χ1v) is 5.43. The lowest BCUT2D eigenvalue weighted by molar-refractivity contribution is 0.0927. The van der Waals surface area contributed by atoms with Crippen molar-refractivity contribution in [2.24, 2.45) is 5.10 Å². The predicted molar refractivity (Wildman–Crippen MR) is 60.9 cm³/mol. The summed E-state index contributed by atoms with van der Waals surface area (Å²) in [6, 6.07) is 3.18. The van der Waals surface area contributed by atoms with Gasteiger partial charge >= 0.3 is 5.91 Å². The normalized spacial score (nSPS) is 10.8. The number of carbonyl (C=O) groups is 1. The molecule has 82 valence electrons. The Bertz CT molecular complexity index is 507. The molecule has 1 N–H and O–H groups in total. The number of hydrogen-bond donors (Lipinski definition) is 1. The molecular formula is C9H6ClN3O2S. The number of amides is 1. The molecule has 2 aromatic rings. The fourth-order valence-corrected chi connectivity index (χ4v) is 1.77. The quantitative estimate of drug-likeness (QED) is 0.675. The summed E-state index contributed by atoms with van der Waals surface area (Å²) >= 11 is 6.89. The van der Waals surface area contributed by atoms with Gasteiger partial charge in [-0.2, -0.15) is 5.10 Å². The van der Waals surface area contributed by atoms with Crippen LogP contribution in [0.4, 0.5) is 0 Å². The van der Waals surface area contributed by atoms with Gasteiger partial charge in [-0.15, -0.1) is 11.3 Å². The lowest BCUT2D eigenvalue weighted by Gasteiger charge is -1.93. The van der Waals surface area contributed by atoms with E-state index < -0.39 is 5.91 Å². The van der Waals surface area contributed by atoms with Gasteiger partial charge in [0, 0.05) is 6.20 Å². The third-order valence-electron chi connectivity index (χ3n) is 1.60. The van der Waals surface area contributed by atoms with Crippen LogP contribution >= 0.6 is 22.9 Å². The lowest BCUT2D eigenvalue weighted by Crippen LogP contribution is -2.16. The molecule has 0 fully saturated rings. The van der Waals surface area contributed by atoms with Crippen molar-refractivity contribution in [1.29, 1.82) is 0 Å². The highest BCUT2D eigenvalue weighted by Crippen LogP contribution is 2.15. The number of thiazole rings is 1. The third-order valence-corrected chi connectivity index (χ3v) is 2.65. The third kappa shape index (κ3) is 2.68. The largest absolute Gasteiger partial charge is 0.459 e. The van der Waals surface area contributed by atoms with Crippen LogP contribution in [0.2, 0.25) is 4.47 Å². The van der Waals surface area contributed by atoms with E-state index in [4.69, 9.17) is 16.0 Å². The van der Waals surface area contributed by atoms with E-state index in [2.05, 4.69) is 15.5 Å². The summed E-state index contributed by atoms with van der Waals surface area (Å²) in [5, 5.41) is 3.74. The Morgan fingerprint density at radius 2 is 2.56 bits per heavy atom. The molecule has 0 aromatic carbocycles. The number of nitrogens with zero attached hydrogens (tertiary/aromatic N) is 2. The van der Waals surface area contributed by atoms with Gasteiger partial charge in [-0.3, -0.25) is 4.79 Å². The van der Waals surface area contributed by atoms with Crippen molar-refractivity contribution < 1.29 is 9.21 Å². The molecule has 0 bridgehead atoms. The summed E-state index contributed by atoms with van der Waals surface area (Å²) in [7, 11) is 0. The summed E-state index contributed by atoms with van der Waals surface area (Å²) in [6.07, 6.45) is 4.45.